The summed E-state index contributed by atoms with van der Waals surface area (Å²) in [6.07, 6.45) is 3.92. The van der Waals surface area contributed by atoms with E-state index in [1.54, 1.807) is 31.4 Å². The summed E-state index contributed by atoms with van der Waals surface area (Å²) in [6.45, 7) is 1.51. The van der Waals surface area contributed by atoms with Crippen LogP contribution in [0.15, 0.2) is 78.9 Å². The number of hydrogen-bond acceptors (Lipinski definition) is 5. The zero-order valence-electron chi connectivity index (χ0n) is 19.4. The SMILES string of the molecule is COc1ccc2c(c1)C=CC1N2C(C(C)=O)C(C(=O)c2ccccc2)C12C(=O)Nc1ccccc12. The van der Waals surface area contributed by atoms with Crippen LogP contribution in [0, 0.1) is 5.92 Å². The summed E-state index contributed by atoms with van der Waals surface area (Å²) >= 11 is 0. The average molecular weight is 465 g/mol. The zero-order chi connectivity index (χ0) is 24.3. The lowest BCUT2D eigenvalue weighted by atomic mass is 9.64. The quantitative estimate of drug-likeness (QED) is 0.584. The van der Waals surface area contributed by atoms with Crippen molar-refractivity contribution in [3.8, 4) is 5.75 Å². The van der Waals surface area contributed by atoms with Crippen molar-refractivity contribution in [2.24, 2.45) is 5.92 Å². The first-order chi connectivity index (χ1) is 17.0. The van der Waals surface area contributed by atoms with E-state index in [9.17, 15) is 14.4 Å². The van der Waals surface area contributed by atoms with E-state index >= 15 is 0 Å². The smallest absolute Gasteiger partial charge is 0.238 e. The maximum atomic E-state index is 14.2. The monoisotopic (exact) mass is 464 g/mol. The molecule has 4 atom stereocenters. The number of ether oxygens (including phenoxy) is 1. The molecule has 4 unspecified atom stereocenters. The van der Waals surface area contributed by atoms with Gasteiger partial charge in [-0.05, 0) is 36.8 Å². The molecule has 1 amide bonds. The van der Waals surface area contributed by atoms with Gasteiger partial charge in [0, 0.05) is 22.5 Å². The summed E-state index contributed by atoms with van der Waals surface area (Å²) in [4.78, 5) is 43.6. The van der Waals surface area contributed by atoms with Gasteiger partial charge in [0.05, 0.1) is 25.1 Å². The molecule has 1 spiro atoms. The van der Waals surface area contributed by atoms with E-state index in [2.05, 4.69) is 5.32 Å². The van der Waals surface area contributed by atoms with Crippen molar-refractivity contribution in [1.82, 2.24) is 0 Å². The van der Waals surface area contributed by atoms with Crippen LogP contribution in [0.1, 0.15) is 28.4 Å². The second-order valence-electron chi connectivity index (χ2n) is 9.27. The summed E-state index contributed by atoms with van der Waals surface area (Å²) in [5, 5.41) is 3.02. The number of carbonyl (C=O) groups is 3. The standard InChI is InChI=1S/C29H24N2O4/c1-17(32)26-25(27(33)18-8-4-3-5-9-18)29(21-10-6-7-11-22(21)30-28(29)34)24-15-12-19-16-20(35-2)13-14-23(19)31(24)26/h3-16,24-26H,1-2H3,(H,30,34). The molecule has 3 aromatic carbocycles. The number of anilines is 2. The van der Waals surface area contributed by atoms with Gasteiger partial charge in [0.1, 0.15) is 11.2 Å². The average Bonchev–Trinajstić information content (AvgIpc) is 3.36. The van der Waals surface area contributed by atoms with E-state index in [-0.39, 0.29) is 17.5 Å². The van der Waals surface area contributed by atoms with Gasteiger partial charge in [-0.1, -0.05) is 60.7 Å². The van der Waals surface area contributed by atoms with Crippen LogP contribution in [0.2, 0.25) is 0 Å². The van der Waals surface area contributed by atoms with E-state index in [1.807, 2.05) is 65.6 Å². The van der Waals surface area contributed by atoms with Crippen molar-refractivity contribution in [2.75, 3.05) is 17.3 Å². The Bertz CT molecular complexity index is 1410. The number of amides is 1. The molecule has 3 aliphatic heterocycles. The molecule has 6 rings (SSSR count). The van der Waals surface area contributed by atoms with Crippen LogP contribution in [0.25, 0.3) is 6.08 Å². The summed E-state index contributed by atoms with van der Waals surface area (Å²) in [5.74, 6) is -0.839. The Balaban J connectivity index is 1.65. The van der Waals surface area contributed by atoms with Crippen LogP contribution in [0.4, 0.5) is 11.4 Å². The molecule has 0 aliphatic carbocycles. The zero-order valence-corrected chi connectivity index (χ0v) is 19.4. The predicted molar refractivity (Wildman–Crippen MR) is 134 cm³/mol. The minimum Gasteiger partial charge on any atom is -0.497 e. The number of rotatable bonds is 4. The first-order valence-electron chi connectivity index (χ1n) is 11.6. The van der Waals surface area contributed by atoms with E-state index in [1.165, 1.54) is 6.92 Å². The molecule has 3 heterocycles. The number of hydrogen-bond donors (Lipinski definition) is 1. The van der Waals surface area contributed by atoms with E-state index in [0.29, 0.717) is 17.0 Å². The highest BCUT2D eigenvalue weighted by atomic mass is 16.5. The highest BCUT2D eigenvalue weighted by Gasteiger charge is 2.69. The Kier molecular flexibility index (Phi) is 4.68. The maximum absolute atomic E-state index is 14.2. The minimum absolute atomic E-state index is 0.157. The lowest BCUT2D eigenvalue weighted by Crippen LogP contribution is -2.51. The van der Waals surface area contributed by atoms with Crippen LogP contribution in [0.3, 0.4) is 0 Å². The number of Topliss-reactive ketones (excluding diaryl/α,β-unsaturated/α-hetero) is 2. The van der Waals surface area contributed by atoms with Crippen molar-refractivity contribution in [2.45, 2.75) is 24.4 Å². The lowest BCUT2D eigenvalue weighted by Gasteiger charge is -2.37. The third-order valence-corrected chi connectivity index (χ3v) is 7.60. The maximum Gasteiger partial charge on any atom is 0.238 e. The molecule has 6 heteroatoms. The number of carbonyl (C=O) groups excluding carboxylic acids is 3. The van der Waals surface area contributed by atoms with Crippen LogP contribution in [-0.2, 0) is 15.0 Å². The van der Waals surface area contributed by atoms with Gasteiger partial charge in [0.25, 0.3) is 0 Å². The molecule has 3 aliphatic rings. The second kappa shape index (κ2) is 7.67. The highest BCUT2D eigenvalue weighted by Crippen LogP contribution is 2.57. The number of para-hydroxylation sites is 1. The normalized spacial score (nSPS) is 25.6. The van der Waals surface area contributed by atoms with Gasteiger partial charge in [0.15, 0.2) is 11.6 Å². The number of nitrogens with one attached hydrogen (secondary N) is 1. The van der Waals surface area contributed by atoms with Gasteiger partial charge in [-0.3, -0.25) is 14.4 Å². The highest BCUT2D eigenvalue weighted by molar-refractivity contribution is 6.16. The van der Waals surface area contributed by atoms with Crippen molar-refractivity contribution in [3.63, 3.8) is 0 Å². The Morgan fingerprint density at radius 3 is 2.49 bits per heavy atom. The van der Waals surface area contributed by atoms with E-state index in [0.717, 1.165) is 16.8 Å². The Morgan fingerprint density at radius 1 is 1.00 bits per heavy atom. The van der Waals surface area contributed by atoms with Gasteiger partial charge >= 0.3 is 0 Å². The molecule has 35 heavy (non-hydrogen) atoms. The van der Waals surface area contributed by atoms with Crippen LogP contribution >= 0.6 is 0 Å². The van der Waals surface area contributed by atoms with Gasteiger partial charge in [-0.15, -0.1) is 0 Å². The van der Waals surface area contributed by atoms with Gasteiger partial charge in [0.2, 0.25) is 5.91 Å². The number of fused-ring (bicyclic) bond motifs is 6. The molecule has 1 saturated heterocycles. The fraction of sp³-hybridized carbons (Fsp3) is 0.207. The number of ketones is 2. The molecule has 0 saturated carbocycles. The van der Waals surface area contributed by atoms with Crippen molar-refractivity contribution in [1.29, 1.82) is 0 Å². The molecule has 0 bridgehead atoms. The van der Waals surface area contributed by atoms with Gasteiger partial charge in [-0.2, -0.15) is 0 Å². The molecular weight excluding hydrogens is 440 g/mol. The lowest BCUT2D eigenvalue weighted by molar-refractivity contribution is -0.122. The number of benzene rings is 3. The number of nitrogens with zero attached hydrogens (tertiary/aromatic N) is 1. The topological polar surface area (TPSA) is 75.7 Å². The van der Waals surface area contributed by atoms with Gasteiger partial charge < -0.3 is 15.0 Å². The van der Waals surface area contributed by atoms with E-state index in [4.69, 9.17) is 4.74 Å². The Labute approximate surface area is 203 Å². The molecule has 1 N–H and O–H groups in total. The fourth-order valence-electron chi connectivity index (χ4n) is 6.22. The Morgan fingerprint density at radius 2 is 1.74 bits per heavy atom. The number of methoxy groups -OCH3 is 1. The van der Waals surface area contributed by atoms with Crippen molar-refractivity contribution >= 4 is 34.9 Å². The van der Waals surface area contributed by atoms with Crippen LogP contribution in [-0.4, -0.2) is 36.7 Å². The molecule has 174 valence electrons. The summed E-state index contributed by atoms with van der Waals surface area (Å²) in [6, 6.07) is 20.7. The molecule has 0 radical (unpaired) electrons. The first kappa shape index (κ1) is 21.4. The Hall–Kier alpha value is -4.19. The minimum atomic E-state index is -1.26. The molecular formula is C29H24N2O4. The second-order valence-corrected chi connectivity index (χ2v) is 9.27. The van der Waals surface area contributed by atoms with Crippen molar-refractivity contribution < 1.29 is 19.1 Å². The van der Waals surface area contributed by atoms with E-state index < -0.39 is 23.4 Å². The summed E-state index contributed by atoms with van der Waals surface area (Å²) in [5.41, 5.74) is 2.34. The van der Waals surface area contributed by atoms with Crippen LogP contribution in [0.5, 0.6) is 5.75 Å². The summed E-state index contributed by atoms with van der Waals surface area (Å²) in [7, 11) is 1.61. The van der Waals surface area contributed by atoms with Gasteiger partial charge in [-0.25, -0.2) is 0 Å². The molecule has 0 aromatic heterocycles. The molecule has 1 fully saturated rings. The third kappa shape index (κ3) is 2.80. The third-order valence-electron chi connectivity index (χ3n) is 7.60. The molecule has 3 aromatic rings. The summed E-state index contributed by atoms with van der Waals surface area (Å²) < 4.78 is 5.40. The predicted octanol–water partition coefficient (Wildman–Crippen LogP) is 4.26. The van der Waals surface area contributed by atoms with Crippen molar-refractivity contribution in [3.05, 3.63) is 95.6 Å². The fourth-order valence-corrected chi connectivity index (χ4v) is 6.22. The molecule has 6 nitrogen and oxygen atoms in total. The largest absolute Gasteiger partial charge is 0.497 e. The van der Waals surface area contributed by atoms with Crippen LogP contribution < -0.4 is 15.0 Å². The first-order valence-corrected chi connectivity index (χ1v) is 11.6.